The Bertz CT molecular complexity index is 385. The van der Waals surface area contributed by atoms with Crippen molar-refractivity contribution in [2.75, 3.05) is 79.7 Å². The monoisotopic (exact) mass is 479 g/mol. The molecule has 0 unspecified atom stereocenters. The van der Waals surface area contributed by atoms with E-state index in [4.69, 9.17) is 23.7 Å². The molecule has 202 valence electrons. The Kier molecular flexibility index (Phi) is 30.7. The molecule has 0 spiro atoms. The molecule has 0 atom stereocenters. The van der Waals surface area contributed by atoms with Gasteiger partial charge in [0.1, 0.15) is 0 Å². The predicted molar refractivity (Wildman–Crippen MR) is 138 cm³/mol. The predicted octanol–water partition coefficient (Wildman–Crippen LogP) is 5.06. The molecule has 7 nitrogen and oxygen atoms in total. The van der Waals surface area contributed by atoms with Crippen molar-refractivity contribution in [2.45, 2.75) is 75.2 Å². The van der Waals surface area contributed by atoms with Crippen LogP contribution in [-0.2, 0) is 28.5 Å². The van der Waals surface area contributed by atoms with Gasteiger partial charge in [0.15, 0.2) is 0 Å². The second-order valence-electron chi connectivity index (χ2n) is 8.64. The number of nitrogens with zero attached hydrogens (tertiary/aromatic N) is 1. The molecule has 0 bridgehead atoms. The molecule has 0 aliphatic rings. The number of likely N-dealkylation sites (N-methyl/N-ethyl adjacent to an activating group) is 1. The van der Waals surface area contributed by atoms with E-state index < -0.39 is 0 Å². The maximum absolute atomic E-state index is 11.7. The van der Waals surface area contributed by atoms with Crippen LogP contribution in [0.25, 0.3) is 0 Å². The molecule has 0 aliphatic carbocycles. The van der Waals surface area contributed by atoms with E-state index >= 15 is 0 Å². The van der Waals surface area contributed by atoms with Crippen LogP contribution >= 0.6 is 0 Å². The van der Waals surface area contributed by atoms with Gasteiger partial charge in [-0.15, -0.1) is 0 Å². The first-order valence-electron chi connectivity index (χ1n) is 12.9. The summed E-state index contributed by atoms with van der Waals surface area (Å²) >= 11 is 0. The molecule has 0 radical (unpaired) electrons. The number of hydrogen-bond donors (Lipinski definition) is 0. The maximum atomic E-state index is 11.7. The lowest BCUT2D eigenvalue weighted by Gasteiger charge is -2.19. The van der Waals surface area contributed by atoms with Crippen molar-refractivity contribution in [1.82, 2.24) is 4.90 Å². The smallest absolute Gasteiger partial charge is 0.224 e. The molecular formula is C26H57NO6. The van der Waals surface area contributed by atoms with Gasteiger partial charge in [0, 0.05) is 26.1 Å². The molecule has 33 heavy (non-hydrogen) atoms. The number of amides is 1. The van der Waals surface area contributed by atoms with Crippen molar-refractivity contribution < 1.29 is 28.5 Å². The molecule has 0 aromatic rings. The highest BCUT2D eigenvalue weighted by Gasteiger charge is 2.12. The number of rotatable bonds is 19. The van der Waals surface area contributed by atoms with Gasteiger partial charge < -0.3 is 28.6 Å². The van der Waals surface area contributed by atoms with E-state index in [9.17, 15) is 4.79 Å². The fourth-order valence-electron chi connectivity index (χ4n) is 2.44. The first-order valence-corrected chi connectivity index (χ1v) is 12.9. The molecule has 0 rings (SSSR count). The molecule has 0 saturated heterocycles. The first kappa shape index (κ1) is 36.8. The summed E-state index contributed by atoms with van der Waals surface area (Å²) in [7, 11) is 1.80. The highest BCUT2D eigenvalue weighted by atomic mass is 16.6. The topological polar surface area (TPSA) is 66.5 Å². The number of carbonyl (C=O) groups is 1. The molecule has 0 fully saturated rings. The van der Waals surface area contributed by atoms with Gasteiger partial charge in [-0.2, -0.15) is 0 Å². The SMILES string of the molecule is CC.CC.CC(C)C(=O)N(C)CCOCCOCCOCCOCCOCCCC(C)(C)C. The lowest BCUT2D eigenvalue weighted by Crippen LogP contribution is -2.33. The average molecular weight is 480 g/mol. The van der Waals surface area contributed by atoms with Gasteiger partial charge in [0.2, 0.25) is 5.91 Å². The summed E-state index contributed by atoms with van der Waals surface area (Å²) in [6.45, 7) is 24.9. The minimum Gasteiger partial charge on any atom is -0.379 e. The largest absolute Gasteiger partial charge is 0.379 e. The lowest BCUT2D eigenvalue weighted by atomic mass is 9.91. The van der Waals surface area contributed by atoms with Crippen LogP contribution in [0.3, 0.4) is 0 Å². The summed E-state index contributed by atoms with van der Waals surface area (Å²) in [5.41, 5.74) is 0.375. The van der Waals surface area contributed by atoms with Gasteiger partial charge in [0.05, 0.1) is 59.5 Å². The zero-order valence-corrected chi connectivity index (χ0v) is 23.7. The minimum atomic E-state index is 0.0189. The third kappa shape index (κ3) is 31.3. The van der Waals surface area contributed by atoms with Gasteiger partial charge >= 0.3 is 0 Å². The van der Waals surface area contributed by atoms with E-state index in [-0.39, 0.29) is 11.8 Å². The molecular weight excluding hydrogens is 422 g/mol. The second kappa shape index (κ2) is 27.5. The van der Waals surface area contributed by atoms with Crippen molar-refractivity contribution in [3.8, 4) is 0 Å². The maximum Gasteiger partial charge on any atom is 0.224 e. The molecule has 0 N–H and O–H groups in total. The van der Waals surface area contributed by atoms with Crippen LogP contribution in [0.4, 0.5) is 0 Å². The number of carbonyl (C=O) groups excluding carboxylic acids is 1. The average Bonchev–Trinajstić information content (AvgIpc) is 2.79. The van der Waals surface area contributed by atoms with E-state index in [0.717, 1.165) is 13.0 Å². The van der Waals surface area contributed by atoms with Crippen molar-refractivity contribution >= 4 is 5.91 Å². The first-order chi connectivity index (χ1) is 15.7. The van der Waals surface area contributed by atoms with E-state index in [1.807, 2.05) is 41.5 Å². The van der Waals surface area contributed by atoms with Crippen LogP contribution in [0.2, 0.25) is 0 Å². The van der Waals surface area contributed by atoms with E-state index in [2.05, 4.69) is 20.8 Å². The summed E-state index contributed by atoms with van der Waals surface area (Å²) in [4.78, 5) is 13.4. The van der Waals surface area contributed by atoms with Crippen LogP contribution in [0, 0.1) is 11.3 Å². The number of hydrogen-bond acceptors (Lipinski definition) is 6. The summed E-state index contributed by atoms with van der Waals surface area (Å²) < 4.78 is 27.4. The molecule has 0 saturated carbocycles. The highest BCUT2D eigenvalue weighted by Crippen LogP contribution is 2.20. The Balaban J connectivity index is -0.00000212. The highest BCUT2D eigenvalue weighted by molar-refractivity contribution is 5.77. The van der Waals surface area contributed by atoms with Crippen LogP contribution < -0.4 is 0 Å². The van der Waals surface area contributed by atoms with Crippen molar-refractivity contribution in [3.63, 3.8) is 0 Å². The summed E-state index contributed by atoms with van der Waals surface area (Å²) in [6, 6.07) is 0. The van der Waals surface area contributed by atoms with Crippen LogP contribution in [0.15, 0.2) is 0 Å². The standard InChI is InChI=1S/C22H45NO6.2C2H6/c1-20(2)21(24)23(6)9-11-26-13-15-28-17-19-29-18-16-27-14-12-25-10-7-8-22(3,4)5;2*1-2/h20H,7-19H2,1-6H3;2*1-2H3. The zero-order chi connectivity index (χ0) is 26.0. The zero-order valence-electron chi connectivity index (χ0n) is 23.7. The summed E-state index contributed by atoms with van der Waals surface area (Å²) in [5, 5.41) is 0. The Morgan fingerprint density at radius 2 is 1.00 bits per heavy atom. The lowest BCUT2D eigenvalue weighted by molar-refractivity contribution is -0.133. The Labute approximate surface area is 205 Å². The normalized spacial score (nSPS) is 10.9. The summed E-state index contributed by atoms with van der Waals surface area (Å²) in [6.07, 6.45) is 2.26. The van der Waals surface area contributed by atoms with E-state index in [1.54, 1.807) is 11.9 Å². The Morgan fingerprint density at radius 1 is 0.667 bits per heavy atom. The quantitative estimate of drug-likeness (QED) is 0.241. The second-order valence-corrected chi connectivity index (χ2v) is 8.64. The van der Waals surface area contributed by atoms with Crippen LogP contribution in [0.1, 0.15) is 75.2 Å². The van der Waals surface area contributed by atoms with Gasteiger partial charge in [-0.05, 0) is 18.3 Å². The Morgan fingerprint density at radius 3 is 1.33 bits per heavy atom. The fourth-order valence-corrected chi connectivity index (χ4v) is 2.44. The number of ether oxygens (including phenoxy) is 5. The molecule has 0 aromatic carbocycles. The Hall–Kier alpha value is -0.730. The third-order valence-corrected chi connectivity index (χ3v) is 4.14. The van der Waals surface area contributed by atoms with Gasteiger partial charge in [-0.3, -0.25) is 4.79 Å². The van der Waals surface area contributed by atoms with Crippen LogP contribution in [0.5, 0.6) is 0 Å². The molecule has 0 aliphatic heterocycles. The van der Waals surface area contributed by atoms with Crippen molar-refractivity contribution in [3.05, 3.63) is 0 Å². The molecule has 1 amide bonds. The van der Waals surface area contributed by atoms with E-state index in [1.165, 1.54) is 6.42 Å². The minimum absolute atomic E-state index is 0.0189. The fraction of sp³-hybridized carbons (Fsp3) is 0.962. The van der Waals surface area contributed by atoms with Gasteiger partial charge in [0.25, 0.3) is 0 Å². The van der Waals surface area contributed by atoms with E-state index in [0.29, 0.717) is 71.4 Å². The van der Waals surface area contributed by atoms with Crippen molar-refractivity contribution in [2.24, 2.45) is 11.3 Å². The molecule has 0 aromatic heterocycles. The van der Waals surface area contributed by atoms with Gasteiger partial charge in [-0.25, -0.2) is 0 Å². The van der Waals surface area contributed by atoms with Gasteiger partial charge in [-0.1, -0.05) is 62.3 Å². The molecule has 0 heterocycles. The summed E-state index contributed by atoms with van der Waals surface area (Å²) in [5.74, 6) is 0.153. The molecule has 7 heteroatoms. The van der Waals surface area contributed by atoms with Crippen LogP contribution in [-0.4, -0.2) is 90.5 Å². The third-order valence-electron chi connectivity index (χ3n) is 4.14. The van der Waals surface area contributed by atoms with Crippen molar-refractivity contribution in [1.29, 1.82) is 0 Å².